The third-order valence-corrected chi connectivity index (χ3v) is 4.50. The van der Waals surface area contributed by atoms with E-state index >= 15 is 0 Å². The summed E-state index contributed by atoms with van der Waals surface area (Å²) < 4.78 is 10.9. The van der Waals surface area contributed by atoms with Crippen molar-refractivity contribution in [2.75, 3.05) is 13.2 Å². The average molecular weight is 365 g/mol. The number of carboxylic acid groups (broad SMARTS) is 1. The number of unbranched alkanes of at least 4 members (excludes halogenated alkanes) is 9. The van der Waals surface area contributed by atoms with Gasteiger partial charge in [-0.3, -0.25) is 0 Å². The second kappa shape index (κ2) is 14.5. The Balaban J connectivity index is 2.27. The molecular weight excluding hydrogens is 328 g/mol. The van der Waals surface area contributed by atoms with Crippen LogP contribution in [0.3, 0.4) is 0 Å². The second-order valence-corrected chi connectivity index (χ2v) is 6.82. The molecule has 4 nitrogen and oxygen atoms in total. The van der Waals surface area contributed by atoms with Gasteiger partial charge >= 0.3 is 5.97 Å². The molecule has 1 rings (SSSR count). The molecule has 0 fully saturated rings. The van der Waals surface area contributed by atoms with Crippen molar-refractivity contribution in [3.63, 3.8) is 0 Å². The van der Waals surface area contributed by atoms with E-state index in [0.717, 1.165) is 18.6 Å². The molecule has 0 aliphatic rings. The predicted octanol–water partition coefficient (Wildman–Crippen LogP) is 6.01. The third kappa shape index (κ3) is 10.3. The van der Waals surface area contributed by atoms with E-state index in [1.165, 1.54) is 63.4 Å². The number of hydrogen-bond donors (Lipinski definition) is 1. The Kier molecular flexibility index (Phi) is 12.4. The highest BCUT2D eigenvalue weighted by Gasteiger charge is 2.07. The maximum absolute atomic E-state index is 10.6. The van der Waals surface area contributed by atoms with Crippen LogP contribution in [0.5, 0.6) is 11.5 Å². The summed E-state index contributed by atoms with van der Waals surface area (Å²) in [5.74, 6) is 0.381. The van der Waals surface area contributed by atoms with Gasteiger partial charge in [-0.25, -0.2) is 4.79 Å². The molecule has 0 amide bonds. The Morgan fingerprint density at radius 1 is 0.885 bits per heavy atom. The van der Waals surface area contributed by atoms with Crippen LogP contribution >= 0.6 is 0 Å². The van der Waals surface area contributed by atoms with Crippen molar-refractivity contribution < 1.29 is 19.4 Å². The van der Waals surface area contributed by atoms with Crippen molar-refractivity contribution in [3.8, 4) is 11.5 Å². The van der Waals surface area contributed by atoms with Gasteiger partial charge in [-0.1, -0.05) is 70.8 Å². The Morgan fingerprint density at radius 2 is 1.50 bits per heavy atom. The van der Waals surface area contributed by atoms with Gasteiger partial charge in [0, 0.05) is 6.07 Å². The van der Waals surface area contributed by atoms with E-state index in [-0.39, 0.29) is 6.61 Å². The van der Waals surface area contributed by atoms with Gasteiger partial charge in [-0.05, 0) is 31.4 Å². The number of aryl methyl sites for hydroxylation is 1. The molecule has 0 unspecified atom stereocenters. The van der Waals surface area contributed by atoms with Crippen LogP contribution < -0.4 is 9.47 Å². The minimum atomic E-state index is -0.975. The summed E-state index contributed by atoms with van der Waals surface area (Å²) in [6.45, 7) is 4.47. The molecule has 148 valence electrons. The minimum absolute atomic E-state index is 0.330. The fraction of sp³-hybridized carbons (Fsp3) is 0.682. The van der Waals surface area contributed by atoms with Crippen LogP contribution in [0.25, 0.3) is 0 Å². The van der Waals surface area contributed by atoms with Crippen LogP contribution in [0.4, 0.5) is 0 Å². The lowest BCUT2D eigenvalue weighted by molar-refractivity contribution is -0.139. The zero-order valence-electron chi connectivity index (χ0n) is 16.6. The summed E-state index contributed by atoms with van der Waals surface area (Å²) in [7, 11) is 0. The standard InChI is InChI=1S/C22H36O4/c1-3-5-6-7-8-9-10-11-12-13-14-19-15-16-20(26-18-22(23)24)17-21(19)25-4-2/h15-17H,3-14,18H2,1-2H3,(H,23,24). The first-order valence-corrected chi connectivity index (χ1v) is 10.3. The number of hydrogen-bond acceptors (Lipinski definition) is 3. The number of benzene rings is 1. The van der Waals surface area contributed by atoms with E-state index in [1.54, 1.807) is 6.07 Å². The number of rotatable bonds is 16. The first-order chi connectivity index (χ1) is 12.7. The maximum atomic E-state index is 10.6. The molecule has 26 heavy (non-hydrogen) atoms. The van der Waals surface area contributed by atoms with Crippen LogP contribution in [-0.2, 0) is 11.2 Å². The first-order valence-electron chi connectivity index (χ1n) is 10.3. The maximum Gasteiger partial charge on any atom is 0.341 e. The van der Waals surface area contributed by atoms with Crippen molar-refractivity contribution in [2.45, 2.75) is 84.5 Å². The lowest BCUT2D eigenvalue weighted by Crippen LogP contribution is -2.09. The summed E-state index contributed by atoms with van der Waals surface area (Å²) >= 11 is 0. The molecule has 1 aromatic carbocycles. The van der Waals surface area contributed by atoms with E-state index in [1.807, 2.05) is 19.1 Å². The quantitative estimate of drug-likeness (QED) is 0.365. The highest BCUT2D eigenvalue weighted by Crippen LogP contribution is 2.27. The summed E-state index contributed by atoms with van der Waals surface area (Å²) in [4.78, 5) is 10.6. The molecule has 0 heterocycles. The molecule has 4 heteroatoms. The third-order valence-electron chi connectivity index (χ3n) is 4.50. The van der Waals surface area contributed by atoms with E-state index in [0.29, 0.717) is 12.4 Å². The van der Waals surface area contributed by atoms with Crippen molar-refractivity contribution >= 4 is 5.97 Å². The molecule has 1 N–H and O–H groups in total. The largest absolute Gasteiger partial charge is 0.493 e. The number of carbonyl (C=O) groups is 1. The summed E-state index contributed by atoms with van der Waals surface area (Å²) in [6.07, 6.45) is 14.3. The Hall–Kier alpha value is -1.71. The van der Waals surface area contributed by atoms with Gasteiger partial charge in [0.15, 0.2) is 6.61 Å². The lowest BCUT2D eigenvalue weighted by atomic mass is 10.0. The minimum Gasteiger partial charge on any atom is -0.493 e. The molecule has 1 aromatic rings. The van der Waals surface area contributed by atoms with Crippen molar-refractivity contribution in [1.82, 2.24) is 0 Å². The molecule has 0 aliphatic heterocycles. The zero-order valence-corrected chi connectivity index (χ0v) is 16.6. The van der Waals surface area contributed by atoms with Crippen LogP contribution in [0, 0.1) is 0 Å². The molecule has 0 saturated carbocycles. The normalized spacial score (nSPS) is 10.7. The molecule has 0 aromatic heterocycles. The molecule has 0 saturated heterocycles. The van der Waals surface area contributed by atoms with Crippen molar-refractivity contribution in [1.29, 1.82) is 0 Å². The van der Waals surface area contributed by atoms with Gasteiger partial charge in [0.05, 0.1) is 6.61 Å². The van der Waals surface area contributed by atoms with Gasteiger partial charge in [0.2, 0.25) is 0 Å². The molecule has 0 aliphatic carbocycles. The van der Waals surface area contributed by atoms with E-state index < -0.39 is 5.97 Å². The van der Waals surface area contributed by atoms with Gasteiger partial charge < -0.3 is 14.6 Å². The first kappa shape index (κ1) is 22.3. The van der Waals surface area contributed by atoms with Crippen LogP contribution in [0.15, 0.2) is 18.2 Å². The molecule has 0 bridgehead atoms. The Bertz CT molecular complexity index is 499. The van der Waals surface area contributed by atoms with E-state index in [9.17, 15) is 4.79 Å². The highest BCUT2D eigenvalue weighted by atomic mass is 16.5. The van der Waals surface area contributed by atoms with Crippen LogP contribution in [-0.4, -0.2) is 24.3 Å². The monoisotopic (exact) mass is 364 g/mol. The Labute approximate surface area is 158 Å². The number of ether oxygens (including phenoxy) is 2. The topological polar surface area (TPSA) is 55.8 Å². The van der Waals surface area contributed by atoms with Crippen molar-refractivity contribution in [2.24, 2.45) is 0 Å². The van der Waals surface area contributed by atoms with Gasteiger partial charge in [-0.15, -0.1) is 0 Å². The Morgan fingerprint density at radius 3 is 2.08 bits per heavy atom. The van der Waals surface area contributed by atoms with Crippen molar-refractivity contribution in [3.05, 3.63) is 23.8 Å². The smallest absolute Gasteiger partial charge is 0.341 e. The fourth-order valence-electron chi connectivity index (χ4n) is 3.07. The fourth-order valence-corrected chi connectivity index (χ4v) is 3.07. The van der Waals surface area contributed by atoms with Gasteiger partial charge in [0.1, 0.15) is 11.5 Å². The van der Waals surface area contributed by atoms with Crippen LogP contribution in [0.2, 0.25) is 0 Å². The lowest BCUT2D eigenvalue weighted by Gasteiger charge is -2.12. The number of carboxylic acids is 1. The van der Waals surface area contributed by atoms with Gasteiger partial charge in [-0.2, -0.15) is 0 Å². The van der Waals surface area contributed by atoms with E-state index in [2.05, 4.69) is 6.92 Å². The number of aliphatic carboxylic acids is 1. The predicted molar refractivity (Wildman–Crippen MR) is 106 cm³/mol. The molecular formula is C22H36O4. The summed E-state index contributed by atoms with van der Waals surface area (Å²) in [6, 6.07) is 5.63. The highest BCUT2D eigenvalue weighted by molar-refractivity contribution is 5.68. The molecule has 0 atom stereocenters. The SMILES string of the molecule is CCCCCCCCCCCCc1ccc(OCC(=O)O)cc1OCC. The van der Waals surface area contributed by atoms with Gasteiger partial charge in [0.25, 0.3) is 0 Å². The average Bonchev–Trinajstić information content (AvgIpc) is 2.63. The summed E-state index contributed by atoms with van der Waals surface area (Å²) in [5.41, 5.74) is 1.18. The molecule has 0 radical (unpaired) electrons. The molecule has 0 spiro atoms. The van der Waals surface area contributed by atoms with Crippen LogP contribution in [0.1, 0.15) is 83.6 Å². The zero-order chi connectivity index (χ0) is 19.0. The van der Waals surface area contributed by atoms with E-state index in [4.69, 9.17) is 14.6 Å². The second-order valence-electron chi connectivity index (χ2n) is 6.82. The summed E-state index contributed by atoms with van der Waals surface area (Å²) in [5, 5.41) is 8.70.